The van der Waals surface area contributed by atoms with Gasteiger partial charge in [-0.3, -0.25) is 4.79 Å². The van der Waals surface area contributed by atoms with Crippen molar-refractivity contribution in [1.82, 2.24) is 0 Å². The van der Waals surface area contributed by atoms with Gasteiger partial charge in [0.25, 0.3) is 0 Å². The van der Waals surface area contributed by atoms with Gasteiger partial charge in [-0.2, -0.15) is 0 Å². The van der Waals surface area contributed by atoms with Crippen LogP contribution in [0.1, 0.15) is 86.0 Å². The molecule has 4 heteroatoms. The first-order chi connectivity index (χ1) is 11.4. The monoisotopic (exact) mass is 352 g/mol. The predicted molar refractivity (Wildman–Crippen MR) is 97.2 cm³/mol. The molecule has 4 nitrogen and oxygen atoms in total. The number of ether oxygens (including phenoxy) is 2. The van der Waals surface area contributed by atoms with Crippen molar-refractivity contribution in [2.45, 2.75) is 103 Å². The molecule has 0 amide bonds. The van der Waals surface area contributed by atoms with E-state index in [1.165, 1.54) is 20.0 Å². The summed E-state index contributed by atoms with van der Waals surface area (Å²) in [6.07, 6.45) is 7.19. The quantitative estimate of drug-likeness (QED) is 0.756. The van der Waals surface area contributed by atoms with Gasteiger partial charge in [0.05, 0.1) is 24.7 Å². The summed E-state index contributed by atoms with van der Waals surface area (Å²) in [4.78, 5) is 11.9. The summed E-state index contributed by atoms with van der Waals surface area (Å²) in [5.74, 6) is 0.301. The Bertz CT molecular complexity index is 554. The van der Waals surface area contributed by atoms with E-state index >= 15 is 0 Å². The molecule has 1 N–H and O–H groups in total. The van der Waals surface area contributed by atoms with E-state index in [1.807, 2.05) is 13.8 Å². The maximum absolute atomic E-state index is 11.9. The van der Waals surface area contributed by atoms with E-state index in [1.54, 1.807) is 0 Å². The van der Waals surface area contributed by atoms with Crippen molar-refractivity contribution in [2.75, 3.05) is 7.11 Å². The maximum Gasteiger partial charge on any atom is 0.308 e. The first-order valence-electron chi connectivity index (χ1n) is 9.91. The second kappa shape index (κ2) is 5.69. The van der Waals surface area contributed by atoms with E-state index in [4.69, 9.17) is 9.47 Å². The highest BCUT2D eigenvalue weighted by molar-refractivity contribution is 5.70. The van der Waals surface area contributed by atoms with Crippen molar-refractivity contribution in [3.05, 3.63) is 0 Å². The van der Waals surface area contributed by atoms with Crippen LogP contribution < -0.4 is 0 Å². The molecule has 0 aromatic carbocycles. The van der Waals surface area contributed by atoms with Crippen LogP contribution in [0, 0.1) is 16.7 Å². The van der Waals surface area contributed by atoms with Crippen LogP contribution in [-0.4, -0.2) is 35.0 Å². The van der Waals surface area contributed by atoms with E-state index in [9.17, 15) is 9.90 Å². The summed E-state index contributed by atoms with van der Waals surface area (Å²) in [5.41, 5.74) is -1.79. The molecular weight excluding hydrogens is 316 g/mol. The summed E-state index contributed by atoms with van der Waals surface area (Å²) in [5, 5.41) is 11.5. The van der Waals surface area contributed by atoms with E-state index in [0.717, 1.165) is 32.1 Å². The molecule has 1 saturated heterocycles. The number of carbonyl (C=O) groups is 1. The summed E-state index contributed by atoms with van der Waals surface area (Å²) in [6.45, 7) is 11.1. The molecule has 3 rings (SSSR count). The third-order valence-electron chi connectivity index (χ3n) is 8.11. The molecule has 0 bridgehead atoms. The van der Waals surface area contributed by atoms with E-state index < -0.39 is 16.8 Å². The van der Waals surface area contributed by atoms with Crippen molar-refractivity contribution >= 4 is 5.97 Å². The Kier molecular flexibility index (Phi) is 4.36. The first kappa shape index (κ1) is 19.2. The number of fused-ring (bicyclic) bond motifs is 2. The van der Waals surface area contributed by atoms with Gasteiger partial charge in [-0.25, -0.2) is 0 Å². The fourth-order valence-electron chi connectivity index (χ4n) is 6.80. The van der Waals surface area contributed by atoms with Gasteiger partial charge in [0.1, 0.15) is 5.60 Å². The Labute approximate surface area is 152 Å². The molecule has 3 fully saturated rings. The van der Waals surface area contributed by atoms with Gasteiger partial charge in [-0.05, 0) is 63.7 Å². The molecule has 0 aromatic rings. The predicted octanol–water partition coefficient (Wildman–Crippen LogP) is 4.23. The Balaban J connectivity index is 2.01. The molecule has 2 saturated carbocycles. The number of hydrogen-bond donors (Lipinski definition) is 1. The zero-order chi connectivity index (χ0) is 18.7. The third-order valence-corrected chi connectivity index (χ3v) is 8.11. The summed E-state index contributed by atoms with van der Waals surface area (Å²) in [7, 11) is 1.42. The normalized spacial score (nSPS) is 49.0. The van der Waals surface area contributed by atoms with Crippen LogP contribution in [0.15, 0.2) is 0 Å². The minimum atomic E-state index is -0.862. The van der Waals surface area contributed by atoms with E-state index in [2.05, 4.69) is 20.8 Å². The number of aliphatic hydroxyl groups is 1. The maximum atomic E-state index is 11.9. The number of esters is 1. The molecule has 3 aliphatic rings. The third kappa shape index (κ3) is 2.66. The topological polar surface area (TPSA) is 55.8 Å². The standard InChI is InChI=1S/C21H36O4/c1-17(2)9-7-10-19(4)15(17)8-11-20(5,23)21(19)13-12-18(3,25-21)14-16(22)24-6/h15,23H,7-14H2,1-6H3/t15-,18-,19-,20-,21-/m1/s1. The molecule has 144 valence electrons. The minimum absolute atomic E-state index is 0.0651. The SMILES string of the molecule is COC(=O)C[C@@]1(C)CC[C@]2(O1)[C@](C)(O)CC[C@@H]1C(C)(C)CCC[C@]12C. The van der Waals surface area contributed by atoms with Crippen LogP contribution in [0.4, 0.5) is 0 Å². The van der Waals surface area contributed by atoms with Gasteiger partial charge in [0.15, 0.2) is 0 Å². The van der Waals surface area contributed by atoms with Crippen molar-refractivity contribution in [1.29, 1.82) is 0 Å². The smallest absolute Gasteiger partial charge is 0.308 e. The fourth-order valence-corrected chi connectivity index (χ4v) is 6.80. The molecule has 0 aromatic heterocycles. The van der Waals surface area contributed by atoms with Crippen LogP contribution in [0.25, 0.3) is 0 Å². The van der Waals surface area contributed by atoms with Gasteiger partial charge < -0.3 is 14.6 Å². The van der Waals surface area contributed by atoms with Crippen LogP contribution in [0.3, 0.4) is 0 Å². The molecule has 0 unspecified atom stereocenters. The van der Waals surface area contributed by atoms with Gasteiger partial charge in [-0.1, -0.05) is 27.2 Å². The van der Waals surface area contributed by atoms with Crippen LogP contribution in [0.5, 0.6) is 0 Å². The molecule has 1 aliphatic heterocycles. The van der Waals surface area contributed by atoms with Crippen LogP contribution >= 0.6 is 0 Å². The van der Waals surface area contributed by atoms with Gasteiger partial charge in [-0.15, -0.1) is 0 Å². The highest BCUT2D eigenvalue weighted by Crippen LogP contribution is 2.68. The molecular formula is C21H36O4. The lowest BCUT2D eigenvalue weighted by atomic mass is 9.43. The second-order valence-corrected chi connectivity index (χ2v) is 10.3. The average Bonchev–Trinajstić information content (AvgIpc) is 2.84. The van der Waals surface area contributed by atoms with Crippen molar-refractivity contribution in [2.24, 2.45) is 16.7 Å². The summed E-state index contributed by atoms with van der Waals surface area (Å²) in [6, 6.07) is 0. The summed E-state index contributed by atoms with van der Waals surface area (Å²) < 4.78 is 11.7. The number of hydrogen-bond acceptors (Lipinski definition) is 4. The highest BCUT2D eigenvalue weighted by atomic mass is 16.6. The van der Waals surface area contributed by atoms with Crippen LogP contribution in [0.2, 0.25) is 0 Å². The lowest BCUT2D eigenvalue weighted by molar-refractivity contribution is -0.297. The van der Waals surface area contributed by atoms with E-state index in [-0.39, 0.29) is 23.2 Å². The zero-order valence-electron chi connectivity index (χ0n) is 16.9. The van der Waals surface area contributed by atoms with Crippen molar-refractivity contribution < 1.29 is 19.4 Å². The lowest BCUT2D eigenvalue weighted by Crippen LogP contribution is -2.70. The summed E-state index contributed by atoms with van der Waals surface area (Å²) >= 11 is 0. The second-order valence-electron chi connectivity index (χ2n) is 10.3. The van der Waals surface area contributed by atoms with Crippen molar-refractivity contribution in [3.8, 4) is 0 Å². The molecule has 0 radical (unpaired) electrons. The average molecular weight is 353 g/mol. The largest absolute Gasteiger partial charge is 0.469 e. The lowest BCUT2D eigenvalue weighted by Gasteiger charge is -2.66. The zero-order valence-corrected chi connectivity index (χ0v) is 16.9. The Hall–Kier alpha value is -0.610. The van der Waals surface area contributed by atoms with Gasteiger partial charge in [0, 0.05) is 5.41 Å². The Morgan fingerprint density at radius 1 is 1.08 bits per heavy atom. The van der Waals surface area contributed by atoms with Gasteiger partial charge in [0.2, 0.25) is 0 Å². The van der Waals surface area contributed by atoms with E-state index in [0.29, 0.717) is 5.92 Å². The Morgan fingerprint density at radius 3 is 2.40 bits per heavy atom. The number of methoxy groups -OCH3 is 1. The molecule has 5 atom stereocenters. The fraction of sp³-hybridized carbons (Fsp3) is 0.952. The van der Waals surface area contributed by atoms with Crippen molar-refractivity contribution in [3.63, 3.8) is 0 Å². The Morgan fingerprint density at radius 2 is 1.76 bits per heavy atom. The highest BCUT2D eigenvalue weighted by Gasteiger charge is 2.71. The number of rotatable bonds is 2. The minimum Gasteiger partial charge on any atom is -0.469 e. The van der Waals surface area contributed by atoms with Crippen LogP contribution in [-0.2, 0) is 14.3 Å². The molecule has 1 spiro atoms. The molecule has 2 aliphatic carbocycles. The number of carbonyl (C=O) groups excluding carboxylic acids is 1. The molecule has 25 heavy (non-hydrogen) atoms. The first-order valence-corrected chi connectivity index (χ1v) is 9.91. The van der Waals surface area contributed by atoms with Gasteiger partial charge >= 0.3 is 5.97 Å². The molecule has 1 heterocycles.